The third-order valence-electron chi connectivity index (χ3n) is 4.97. The molecule has 1 saturated heterocycles. The van der Waals surface area contributed by atoms with E-state index in [0.717, 1.165) is 32.4 Å². The number of nitrogens with zero attached hydrogens (tertiary/aromatic N) is 1. The smallest absolute Gasteiger partial charge is 0.225 e. The molecule has 0 bridgehead atoms. The maximum absolute atomic E-state index is 12.6. The number of nitrogens with one attached hydrogen (secondary N) is 1. The Labute approximate surface area is 122 Å². The second kappa shape index (κ2) is 6.02. The molecule has 116 valence electrons. The van der Waals surface area contributed by atoms with Gasteiger partial charge >= 0.3 is 0 Å². The summed E-state index contributed by atoms with van der Waals surface area (Å²) in [6, 6.07) is -0.151. The Morgan fingerprint density at radius 3 is 2.35 bits per heavy atom. The second-order valence-corrected chi connectivity index (χ2v) is 8.64. The zero-order valence-electron chi connectivity index (χ0n) is 12.6. The van der Waals surface area contributed by atoms with E-state index in [4.69, 9.17) is 0 Å². The number of hydrogen-bond acceptors (Lipinski definition) is 4. The standard InChI is InChI=1S/C14H26N2O3S/c1-10(11-8-15-9-11)14(17)16(2)12-6-4-5-7-13(12)20(3,18)19/h10-13,15H,4-9H2,1-3H3. The van der Waals surface area contributed by atoms with Crippen molar-refractivity contribution in [3.63, 3.8) is 0 Å². The second-order valence-electron chi connectivity index (χ2n) is 6.38. The maximum Gasteiger partial charge on any atom is 0.225 e. The fourth-order valence-electron chi connectivity index (χ4n) is 3.37. The molecule has 20 heavy (non-hydrogen) atoms. The van der Waals surface area contributed by atoms with Crippen LogP contribution in [0, 0.1) is 11.8 Å². The van der Waals surface area contributed by atoms with Gasteiger partial charge in [-0.15, -0.1) is 0 Å². The van der Waals surface area contributed by atoms with E-state index < -0.39 is 15.1 Å². The van der Waals surface area contributed by atoms with Crippen LogP contribution >= 0.6 is 0 Å². The summed E-state index contributed by atoms with van der Waals surface area (Å²) in [5.74, 6) is 0.464. The van der Waals surface area contributed by atoms with Crippen LogP contribution in [0.25, 0.3) is 0 Å². The van der Waals surface area contributed by atoms with Crippen molar-refractivity contribution >= 4 is 15.7 Å². The van der Waals surface area contributed by atoms with Gasteiger partial charge in [0.05, 0.1) is 5.25 Å². The summed E-state index contributed by atoms with van der Waals surface area (Å²) in [5, 5.41) is 2.79. The predicted molar refractivity (Wildman–Crippen MR) is 79.2 cm³/mol. The largest absolute Gasteiger partial charge is 0.341 e. The summed E-state index contributed by atoms with van der Waals surface area (Å²) in [5.41, 5.74) is 0. The van der Waals surface area contributed by atoms with Crippen molar-refractivity contribution in [2.45, 2.75) is 43.9 Å². The van der Waals surface area contributed by atoms with Crippen LogP contribution in [0.2, 0.25) is 0 Å². The Bertz CT molecular complexity index is 459. The van der Waals surface area contributed by atoms with Gasteiger partial charge in [0.15, 0.2) is 9.84 Å². The predicted octanol–water partition coefficient (Wildman–Crippen LogP) is 0.656. The van der Waals surface area contributed by atoms with Gasteiger partial charge in [-0.05, 0) is 31.8 Å². The Kier molecular flexibility index (Phi) is 4.74. The number of sulfone groups is 1. The van der Waals surface area contributed by atoms with Crippen LogP contribution in [0.15, 0.2) is 0 Å². The zero-order valence-corrected chi connectivity index (χ0v) is 13.4. The molecule has 0 aromatic carbocycles. The van der Waals surface area contributed by atoms with E-state index in [-0.39, 0.29) is 17.9 Å². The molecule has 0 spiro atoms. The number of carbonyl (C=O) groups is 1. The average molecular weight is 302 g/mol. The van der Waals surface area contributed by atoms with Crippen LogP contribution in [0.1, 0.15) is 32.6 Å². The Morgan fingerprint density at radius 2 is 1.85 bits per heavy atom. The highest BCUT2D eigenvalue weighted by molar-refractivity contribution is 7.91. The fraction of sp³-hybridized carbons (Fsp3) is 0.929. The molecule has 0 aromatic heterocycles. The van der Waals surface area contributed by atoms with Gasteiger partial charge in [-0.2, -0.15) is 0 Å². The molecule has 5 nitrogen and oxygen atoms in total. The van der Waals surface area contributed by atoms with Crippen LogP contribution in [0.3, 0.4) is 0 Å². The van der Waals surface area contributed by atoms with Gasteiger partial charge in [0.2, 0.25) is 5.91 Å². The van der Waals surface area contributed by atoms with Crippen molar-refractivity contribution in [2.24, 2.45) is 11.8 Å². The normalized spacial score (nSPS) is 29.6. The summed E-state index contributed by atoms with van der Waals surface area (Å²) in [6.45, 7) is 3.74. The number of hydrogen-bond donors (Lipinski definition) is 1. The minimum Gasteiger partial charge on any atom is -0.341 e. The summed E-state index contributed by atoms with van der Waals surface area (Å²) in [6.07, 6.45) is 4.73. The van der Waals surface area contributed by atoms with Gasteiger partial charge in [0.25, 0.3) is 0 Å². The number of carbonyl (C=O) groups excluding carboxylic acids is 1. The molecule has 3 atom stereocenters. The van der Waals surface area contributed by atoms with Crippen LogP contribution in [0.5, 0.6) is 0 Å². The monoisotopic (exact) mass is 302 g/mol. The van der Waals surface area contributed by atoms with E-state index in [0.29, 0.717) is 12.3 Å². The first kappa shape index (κ1) is 15.8. The SMILES string of the molecule is CC(C(=O)N(C)C1CCCCC1S(C)(=O)=O)C1CNC1. The molecule has 2 fully saturated rings. The van der Waals surface area contributed by atoms with E-state index >= 15 is 0 Å². The number of rotatable bonds is 4. The quantitative estimate of drug-likeness (QED) is 0.828. The number of amides is 1. The summed E-state index contributed by atoms with van der Waals surface area (Å²) in [4.78, 5) is 14.3. The van der Waals surface area contributed by atoms with E-state index in [1.54, 1.807) is 11.9 Å². The molecule has 1 aliphatic carbocycles. The highest BCUT2D eigenvalue weighted by atomic mass is 32.2. The Balaban J connectivity index is 2.08. The first-order chi connectivity index (χ1) is 9.32. The molecule has 0 radical (unpaired) electrons. The van der Waals surface area contributed by atoms with E-state index in [1.165, 1.54) is 6.26 Å². The topological polar surface area (TPSA) is 66.5 Å². The lowest BCUT2D eigenvalue weighted by Crippen LogP contribution is -2.54. The first-order valence-corrected chi connectivity index (χ1v) is 9.44. The van der Waals surface area contributed by atoms with Crippen molar-refractivity contribution in [2.75, 3.05) is 26.4 Å². The molecule has 0 aromatic rings. The molecular formula is C14H26N2O3S. The van der Waals surface area contributed by atoms with E-state index in [9.17, 15) is 13.2 Å². The molecular weight excluding hydrogens is 276 g/mol. The third-order valence-corrected chi connectivity index (χ3v) is 6.62. The van der Waals surface area contributed by atoms with Gasteiger partial charge in [0.1, 0.15) is 0 Å². The van der Waals surface area contributed by atoms with E-state index in [1.807, 2.05) is 6.92 Å². The van der Waals surface area contributed by atoms with Crippen LogP contribution in [-0.4, -0.2) is 56.9 Å². The molecule has 1 heterocycles. The molecule has 2 rings (SSSR count). The molecule has 3 unspecified atom stereocenters. The summed E-state index contributed by atoms with van der Waals surface area (Å²) >= 11 is 0. The van der Waals surface area contributed by atoms with E-state index in [2.05, 4.69) is 5.32 Å². The Hall–Kier alpha value is -0.620. The molecule has 1 saturated carbocycles. The molecule has 6 heteroatoms. The van der Waals surface area contributed by atoms with Gasteiger partial charge in [0, 0.05) is 25.3 Å². The van der Waals surface area contributed by atoms with Crippen molar-refractivity contribution in [1.82, 2.24) is 10.2 Å². The molecule has 1 amide bonds. The summed E-state index contributed by atoms with van der Waals surface area (Å²) < 4.78 is 23.9. The zero-order chi connectivity index (χ0) is 14.9. The molecule has 1 N–H and O–H groups in total. The first-order valence-electron chi connectivity index (χ1n) is 7.48. The Morgan fingerprint density at radius 1 is 1.25 bits per heavy atom. The van der Waals surface area contributed by atoms with Gasteiger partial charge in [-0.25, -0.2) is 8.42 Å². The van der Waals surface area contributed by atoms with Crippen molar-refractivity contribution in [3.8, 4) is 0 Å². The van der Waals surface area contributed by atoms with Gasteiger partial charge in [-0.3, -0.25) is 4.79 Å². The van der Waals surface area contributed by atoms with Crippen molar-refractivity contribution in [1.29, 1.82) is 0 Å². The lowest BCUT2D eigenvalue weighted by molar-refractivity contribution is -0.138. The summed E-state index contributed by atoms with van der Waals surface area (Å²) in [7, 11) is -1.32. The highest BCUT2D eigenvalue weighted by Crippen LogP contribution is 2.29. The van der Waals surface area contributed by atoms with Gasteiger partial charge < -0.3 is 10.2 Å². The highest BCUT2D eigenvalue weighted by Gasteiger charge is 2.39. The minimum atomic E-state index is -3.10. The average Bonchev–Trinajstić information content (AvgIpc) is 2.34. The van der Waals surface area contributed by atoms with Crippen molar-refractivity contribution in [3.05, 3.63) is 0 Å². The molecule has 1 aliphatic heterocycles. The minimum absolute atomic E-state index is 0.0246. The van der Waals surface area contributed by atoms with Crippen LogP contribution < -0.4 is 5.32 Å². The lowest BCUT2D eigenvalue weighted by atomic mass is 9.86. The third kappa shape index (κ3) is 3.17. The fourth-order valence-corrected chi connectivity index (χ4v) is 4.85. The van der Waals surface area contributed by atoms with Crippen LogP contribution in [-0.2, 0) is 14.6 Å². The van der Waals surface area contributed by atoms with Crippen molar-refractivity contribution < 1.29 is 13.2 Å². The van der Waals surface area contributed by atoms with Crippen LogP contribution in [0.4, 0.5) is 0 Å². The maximum atomic E-state index is 12.6. The molecule has 2 aliphatic rings. The van der Waals surface area contributed by atoms with Gasteiger partial charge in [-0.1, -0.05) is 19.8 Å². The lowest BCUT2D eigenvalue weighted by Gasteiger charge is -2.40.